The molecule has 0 radical (unpaired) electrons. The van der Waals surface area contributed by atoms with E-state index in [2.05, 4.69) is 43.4 Å². The van der Waals surface area contributed by atoms with Crippen LogP contribution in [0.1, 0.15) is 57.1 Å². The molecular weight excluding hydrogens is 234 g/mol. The Morgan fingerprint density at radius 2 is 1.79 bits per heavy atom. The lowest BCUT2D eigenvalue weighted by Crippen LogP contribution is -2.49. The van der Waals surface area contributed by atoms with Gasteiger partial charge in [-0.2, -0.15) is 0 Å². The molecule has 1 atom stereocenters. The average Bonchev–Trinajstić information content (AvgIpc) is 2.48. The zero-order chi connectivity index (χ0) is 13.7. The maximum atomic E-state index is 9.83. The first-order chi connectivity index (χ1) is 9.18. The van der Waals surface area contributed by atoms with Gasteiger partial charge in [-0.3, -0.25) is 0 Å². The van der Waals surface area contributed by atoms with E-state index in [9.17, 15) is 5.11 Å². The molecule has 0 bridgehead atoms. The summed E-state index contributed by atoms with van der Waals surface area (Å²) < 4.78 is 0. The SMILES string of the molecule is CCc1ccc(C(C)(CO)NC2CCCCC2)cc1. The van der Waals surface area contributed by atoms with E-state index in [0.29, 0.717) is 6.04 Å². The number of aliphatic hydroxyl groups is 1. The van der Waals surface area contributed by atoms with Crippen LogP contribution in [0.5, 0.6) is 0 Å². The van der Waals surface area contributed by atoms with Crippen molar-refractivity contribution in [1.82, 2.24) is 5.32 Å². The number of hydrogen-bond acceptors (Lipinski definition) is 2. The van der Waals surface area contributed by atoms with Crippen molar-refractivity contribution in [2.45, 2.75) is 64.0 Å². The Kier molecular flexibility index (Phi) is 5.00. The molecular formula is C17H27NO. The molecule has 1 unspecified atom stereocenters. The highest BCUT2D eigenvalue weighted by molar-refractivity contribution is 5.28. The summed E-state index contributed by atoms with van der Waals surface area (Å²) in [5.41, 5.74) is 2.23. The van der Waals surface area contributed by atoms with Crippen LogP contribution in [0.25, 0.3) is 0 Å². The topological polar surface area (TPSA) is 32.3 Å². The smallest absolute Gasteiger partial charge is 0.0652 e. The third-order valence-electron chi connectivity index (χ3n) is 4.44. The number of rotatable bonds is 5. The minimum absolute atomic E-state index is 0.148. The first-order valence-electron chi connectivity index (χ1n) is 7.66. The van der Waals surface area contributed by atoms with Crippen molar-refractivity contribution in [3.8, 4) is 0 Å². The second kappa shape index (κ2) is 6.53. The van der Waals surface area contributed by atoms with E-state index < -0.39 is 0 Å². The predicted octanol–water partition coefficient (Wildman–Crippen LogP) is 3.38. The van der Waals surface area contributed by atoms with Gasteiger partial charge in [-0.15, -0.1) is 0 Å². The average molecular weight is 261 g/mol. The summed E-state index contributed by atoms with van der Waals surface area (Å²) in [5.74, 6) is 0. The third-order valence-corrected chi connectivity index (χ3v) is 4.44. The lowest BCUT2D eigenvalue weighted by atomic mass is 9.87. The van der Waals surface area contributed by atoms with Gasteiger partial charge in [0, 0.05) is 6.04 Å². The molecule has 2 heteroatoms. The van der Waals surface area contributed by atoms with E-state index >= 15 is 0 Å². The van der Waals surface area contributed by atoms with Crippen LogP contribution in [0, 0.1) is 0 Å². The minimum Gasteiger partial charge on any atom is -0.394 e. The molecule has 1 aromatic rings. The molecule has 1 fully saturated rings. The van der Waals surface area contributed by atoms with E-state index in [0.717, 1.165) is 6.42 Å². The predicted molar refractivity (Wildman–Crippen MR) is 80.3 cm³/mol. The van der Waals surface area contributed by atoms with Crippen molar-refractivity contribution in [1.29, 1.82) is 0 Å². The van der Waals surface area contributed by atoms with E-state index in [4.69, 9.17) is 0 Å². The standard InChI is InChI=1S/C17H27NO/c1-3-14-9-11-15(12-10-14)17(2,13-19)18-16-7-5-4-6-8-16/h9-12,16,18-19H,3-8,13H2,1-2H3. The quantitative estimate of drug-likeness (QED) is 0.851. The maximum absolute atomic E-state index is 9.83. The fraction of sp³-hybridized carbons (Fsp3) is 0.647. The van der Waals surface area contributed by atoms with Crippen LogP contribution in [0.15, 0.2) is 24.3 Å². The minimum atomic E-state index is -0.311. The highest BCUT2D eigenvalue weighted by Crippen LogP contribution is 2.26. The molecule has 0 amide bonds. The normalized spacial score (nSPS) is 20.2. The highest BCUT2D eigenvalue weighted by atomic mass is 16.3. The van der Waals surface area contributed by atoms with Crippen molar-refractivity contribution in [3.05, 3.63) is 35.4 Å². The van der Waals surface area contributed by atoms with Gasteiger partial charge in [-0.25, -0.2) is 0 Å². The van der Waals surface area contributed by atoms with Gasteiger partial charge in [-0.1, -0.05) is 50.5 Å². The molecule has 0 aliphatic heterocycles. The van der Waals surface area contributed by atoms with Crippen LogP contribution in [-0.4, -0.2) is 17.8 Å². The maximum Gasteiger partial charge on any atom is 0.0652 e. The van der Waals surface area contributed by atoms with Crippen LogP contribution in [0.4, 0.5) is 0 Å². The Hall–Kier alpha value is -0.860. The molecule has 1 saturated carbocycles. The molecule has 19 heavy (non-hydrogen) atoms. The van der Waals surface area contributed by atoms with Crippen LogP contribution in [0.3, 0.4) is 0 Å². The number of hydrogen-bond donors (Lipinski definition) is 2. The summed E-state index contributed by atoms with van der Waals surface area (Å²) in [6, 6.07) is 9.21. The Morgan fingerprint density at radius 1 is 1.16 bits per heavy atom. The number of aliphatic hydroxyl groups excluding tert-OH is 1. The van der Waals surface area contributed by atoms with E-state index in [1.54, 1.807) is 0 Å². The summed E-state index contributed by atoms with van der Waals surface area (Å²) in [4.78, 5) is 0. The largest absolute Gasteiger partial charge is 0.394 e. The van der Waals surface area contributed by atoms with Gasteiger partial charge >= 0.3 is 0 Å². The van der Waals surface area contributed by atoms with Gasteiger partial charge in [0.25, 0.3) is 0 Å². The van der Waals surface area contributed by atoms with Crippen LogP contribution in [0.2, 0.25) is 0 Å². The lowest BCUT2D eigenvalue weighted by molar-refractivity contribution is 0.150. The van der Waals surface area contributed by atoms with Crippen molar-refractivity contribution in [2.24, 2.45) is 0 Å². The zero-order valence-electron chi connectivity index (χ0n) is 12.3. The molecule has 0 saturated heterocycles. The first kappa shape index (κ1) is 14.5. The summed E-state index contributed by atoms with van der Waals surface area (Å²) in [5, 5.41) is 13.5. The summed E-state index contributed by atoms with van der Waals surface area (Å²) >= 11 is 0. The highest BCUT2D eigenvalue weighted by Gasteiger charge is 2.29. The number of nitrogens with one attached hydrogen (secondary N) is 1. The van der Waals surface area contributed by atoms with Crippen LogP contribution in [-0.2, 0) is 12.0 Å². The Balaban J connectivity index is 2.10. The first-order valence-corrected chi connectivity index (χ1v) is 7.66. The monoisotopic (exact) mass is 261 g/mol. The van der Waals surface area contributed by atoms with Crippen LogP contribution >= 0.6 is 0 Å². The second-order valence-electron chi connectivity index (χ2n) is 6.02. The second-order valence-corrected chi connectivity index (χ2v) is 6.02. The van der Waals surface area contributed by atoms with Gasteiger partial charge in [0.2, 0.25) is 0 Å². The Morgan fingerprint density at radius 3 is 2.32 bits per heavy atom. The Labute approximate surface area is 117 Å². The molecule has 0 heterocycles. The van der Waals surface area contributed by atoms with Crippen molar-refractivity contribution >= 4 is 0 Å². The van der Waals surface area contributed by atoms with Crippen molar-refractivity contribution < 1.29 is 5.11 Å². The molecule has 2 N–H and O–H groups in total. The molecule has 1 aliphatic rings. The van der Waals surface area contributed by atoms with Crippen LogP contribution < -0.4 is 5.32 Å². The molecule has 0 aromatic heterocycles. The van der Waals surface area contributed by atoms with E-state index in [1.165, 1.54) is 43.2 Å². The number of aryl methyl sites for hydroxylation is 1. The van der Waals surface area contributed by atoms with Gasteiger partial charge in [-0.05, 0) is 37.3 Å². The Bertz CT molecular complexity index is 381. The summed E-state index contributed by atoms with van der Waals surface area (Å²) in [6.07, 6.45) is 7.53. The van der Waals surface area contributed by atoms with Crippen molar-refractivity contribution in [3.63, 3.8) is 0 Å². The van der Waals surface area contributed by atoms with Crippen molar-refractivity contribution in [2.75, 3.05) is 6.61 Å². The fourth-order valence-corrected chi connectivity index (χ4v) is 3.03. The fourth-order valence-electron chi connectivity index (χ4n) is 3.03. The molecule has 0 spiro atoms. The van der Waals surface area contributed by atoms with Gasteiger partial charge in [0.05, 0.1) is 12.1 Å². The molecule has 106 valence electrons. The third kappa shape index (κ3) is 3.58. The van der Waals surface area contributed by atoms with E-state index in [1.807, 2.05) is 0 Å². The van der Waals surface area contributed by atoms with Gasteiger partial charge in [0.1, 0.15) is 0 Å². The summed E-state index contributed by atoms with van der Waals surface area (Å²) in [6.45, 7) is 4.43. The van der Waals surface area contributed by atoms with Gasteiger partial charge < -0.3 is 10.4 Å². The van der Waals surface area contributed by atoms with Gasteiger partial charge in [0.15, 0.2) is 0 Å². The van der Waals surface area contributed by atoms with E-state index in [-0.39, 0.29) is 12.1 Å². The molecule has 1 aliphatic carbocycles. The lowest BCUT2D eigenvalue weighted by Gasteiger charge is -2.36. The molecule has 2 nitrogen and oxygen atoms in total. The summed E-state index contributed by atoms with van der Waals surface area (Å²) in [7, 11) is 0. The molecule has 2 rings (SSSR count). The zero-order valence-corrected chi connectivity index (χ0v) is 12.3. The molecule has 1 aromatic carbocycles. The number of benzene rings is 1.